The number of hydrogen-bond donors (Lipinski definition) is 1. The van der Waals surface area contributed by atoms with Crippen molar-refractivity contribution in [3.63, 3.8) is 0 Å². The van der Waals surface area contributed by atoms with E-state index in [4.69, 9.17) is 19.8 Å². The van der Waals surface area contributed by atoms with Crippen molar-refractivity contribution < 1.29 is 4.74 Å². The first kappa shape index (κ1) is 26.5. The number of fused-ring (bicyclic) bond motifs is 4. The number of aromatic nitrogens is 2. The van der Waals surface area contributed by atoms with Gasteiger partial charge in [0.2, 0.25) is 0 Å². The zero-order valence-electron chi connectivity index (χ0n) is 24.7. The van der Waals surface area contributed by atoms with E-state index in [-0.39, 0.29) is 6.04 Å². The average molecular weight is 568 g/mol. The Bertz CT molecular complexity index is 1840. The van der Waals surface area contributed by atoms with Gasteiger partial charge in [0.15, 0.2) is 17.5 Å². The Morgan fingerprint density at radius 2 is 1.56 bits per heavy atom. The van der Waals surface area contributed by atoms with Crippen LogP contribution in [0.2, 0.25) is 0 Å². The minimum atomic E-state index is -0.176. The van der Waals surface area contributed by atoms with Crippen LogP contribution in [0.25, 0.3) is 5.69 Å². The summed E-state index contributed by atoms with van der Waals surface area (Å²) in [5.41, 5.74) is 8.02. The molecule has 3 heterocycles. The summed E-state index contributed by atoms with van der Waals surface area (Å²) >= 11 is 0. The molecule has 7 rings (SSSR count). The Labute approximate surface area is 251 Å². The van der Waals surface area contributed by atoms with Gasteiger partial charge in [0, 0.05) is 31.0 Å². The SMILES string of the molecule is CCOc1ccc(NC2=Nc3ccccc3N3C2=Nc2c(c(C)nn2-c2ccccc2)C3c2ccc(N(C)C)cc2)cc1. The Hall–Kier alpha value is -5.37. The number of amidine groups is 2. The van der Waals surface area contributed by atoms with E-state index in [1.54, 1.807) is 0 Å². The Morgan fingerprint density at radius 3 is 2.28 bits per heavy atom. The quantitative estimate of drug-likeness (QED) is 0.231. The third-order valence-corrected chi connectivity index (χ3v) is 7.79. The highest BCUT2D eigenvalue weighted by Crippen LogP contribution is 2.48. The van der Waals surface area contributed by atoms with E-state index in [2.05, 4.69) is 84.7 Å². The Balaban J connectivity index is 1.44. The van der Waals surface area contributed by atoms with Gasteiger partial charge in [-0.15, -0.1) is 0 Å². The summed E-state index contributed by atoms with van der Waals surface area (Å²) in [6, 6.07) is 34.9. The number of nitrogens with one attached hydrogen (secondary N) is 1. The fourth-order valence-corrected chi connectivity index (χ4v) is 5.75. The van der Waals surface area contributed by atoms with Gasteiger partial charge >= 0.3 is 0 Å². The van der Waals surface area contributed by atoms with Crippen molar-refractivity contribution in [3.05, 3.63) is 120 Å². The number of aliphatic imine (C=N–C) groups is 2. The monoisotopic (exact) mass is 567 g/mol. The third kappa shape index (κ3) is 4.70. The van der Waals surface area contributed by atoms with E-state index in [0.717, 1.165) is 62.7 Å². The highest BCUT2D eigenvalue weighted by atomic mass is 16.5. The van der Waals surface area contributed by atoms with Crippen LogP contribution in [0.4, 0.5) is 28.6 Å². The van der Waals surface area contributed by atoms with Crippen LogP contribution in [-0.4, -0.2) is 42.2 Å². The smallest absolute Gasteiger partial charge is 0.179 e. The summed E-state index contributed by atoms with van der Waals surface area (Å²) in [5.74, 6) is 3.03. The van der Waals surface area contributed by atoms with E-state index in [0.29, 0.717) is 12.4 Å². The standard InChI is InChI=1S/C35H33N7O/c1-5-43-28-21-17-25(18-22-28)36-33-35-38-34-31(23(2)39-42(34)27-11-7-6-8-12-27)32(24-15-19-26(20-16-24)40(3)4)41(35)30-14-10-9-13-29(30)37-33/h6-22,32H,5H2,1-4H3,(H,36,37). The molecule has 0 saturated heterocycles. The van der Waals surface area contributed by atoms with E-state index >= 15 is 0 Å². The van der Waals surface area contributed by atoms with Crippen molar-refractivity contribution >= 4 is 40.2 Å². The van der Waals surface area contributed by atoms with Crippen LogP contribution in [0.3, 0.4) is 0 Å². The molecule has 2 aliphatic heterocycles. The number of hydrogen-bond acceptors (Lipinski definition) is 7. The van der Waals surface area contributed by atoms with Crippen LogP contribution in [0.1, 0.15) is 29.8 Å². The molecular weight excluding hydrogens is 534 g/mol. The van der Waals surface area contributed by atoms with Gasteiger partial charge in [-0.05, 0) is 80.1 Å². The lowest BCUT2D eigenvalue weighted by atomic mass is 9.93. The maximum absolute atomic E-state index is 5.66. The molecule has 8 nitrogen and oxygen atoms in total. The van der Waals surface area contributed by atoms with Crippen molar-refractivity contribution in [1.29, 1.82) is 0 Å². The van der Waals surface area contributed by atoms with Crippen molar-refractivity contribution in [1.82, 2.24) is 9.78 Å². The molecule has 2 aliphatic rings. The molecule has 0 saturated carbocycles. The second-order valence-electron chi connectivity index (χ2n) is 10.8. The van der Waals surface area contributed by atoms with Crippen molar-refractivity contribution in [3.8, 4) is 11.4 Å². The lowest BCUT2D eigenvalue weighted by Gasteiger charge is -2.40. The van der Waals surface area contributed by atoms with Gasteiger partial charge in [0.05, 0.1) is 35.4 Å². The molecule has 0 amide bonds. The second-order valence-corrected chi connectivity index (χ2v) is 10.8. The first-order chi connectivity index (χ1) is 21.0. The molecule has 5 aromatic rings. The van der Waals surface area contributed by atoms with Gasteiger partial charge in [-0.25, -0.2) is 14.7 Å². The summed E-state index contributed by atoms with van der Waals surface area (Å²) in [7, 11) is 4.12. The van der Waals surface area contributed by atoms with Crippen molar-refractivity contribution in [2.75, 3.05) is 35.8 Å². The Kier molecular flexibility index (Phi) is 6.66. The van der Waals surface area contributed by atoms with Crippen LogP contribution in [0.15, 0.2) is 113 Å². The number of nitrogens with zero attached hydrogens (tertiary/aromatic N) is 6. The fraction of sp³-hybridized carbons (Fsp3) is 0.171. The van der Waals surface area contributed by atoms with Crippen LogP contribution >= 0.6 is 0 Å². The average Bonchev–Trinajstić information content (AvgIpc) is 3.37. The van der Waals surface area contributed by atoms with E-state index in [9.17, 15) is 0 Å². The zero-order valence-corrected chi connectivity index (χ0v) is 24.7. The molecule has 1 aromatic heterocycles. The molecule has 0 aliphatic carbocycles. The van der Waals surface area contributed by atoms with Gasteiger partial charge in [-0.3, -0.25) is 0 Å². The van der Waals surface area contributed by atoms with E-state index < -0.39 is 0 Å². The molecule has 214 valence electrons. The molecule has 0 bridgehead atoms. The molecule has 0 radical (unpaired) electrons. The summed E-state index contributed by atoms with van der Waals surface area (Å²) in [4.78, 5) is 14.8. The topological polar surface area (TPSA) is 70.3 Å². The number of para-hydroxylation sites is 3. The first-order valence-corrected chi connectivity index (χ1v) is 14.5. The van der Waals surface area contributed by atoms with Gasteiger partial charge in [-0.2, -0.15) is 5.10 Å². The highest BCUT2D eigenvalue weighted by molar-refractivity contribution is 6.51. The molecule has 1 N–H and O–H groups in total. The maximum atomic E-state index is 5.66. The molecular formula is C35H33N7O. The van der Waals surface area contributed by atoms with Gasteiger partial charge in [-0.1, -0.05) is 42.5 Å². The number of benzene rings is 4. The van der Waals surface area contributed by atoms with Crippen LogP contribution in [0, 0.1) is 6.92 Å². The predicted octanol–water partition coefficient (Wildman–Crippen LogP) is 7.44. The first-order valence-electron chi connectivity index (χ1n) is 14.5. The molecule has 4 aromatic carbocycles. The number of anilines is 3. The second kappa shape index (κ2) is 10.8. The van der Waals surface area contributed by atoms with Crippen molar-refractivity contribution in [2.45, 2.75) is 19.9 Å². The van der Waals surface area contributed by atoms with Gasteiger partial charge in [0.25, 0.3) is 0 Å². The molecule has 1 atom stereocenters. The molecule has 0 spiro atoms. The van der Waals surface area contributed by atoms with E-state index in [1.807, 2.05) is 66.2 Å². The predicted molar refractivity (Wildman–Crippen MR) is 175 cm³/mol. The molecule has 8 heteroatoms. The fourth-order valence-electron chi connectivity index (χ4n) is 5.75. The van der Waals surface area contributed by atoms with Gasteiger partial charge in [0.1, 0.15) is 5.75 Å². The van der Waals surface area contributed by atoms with Crippen LogP contribution < -0.4 is 19.9 Å². The van der Waals surface area contributed by atoms with E-state index in [1.165, 1.54) is 0 Å². The summed E-state index contributed by atoms with van der Waals surface area (Å²) in [5, 5.41) is 8.60. The number of rotatable bonds is 6. The summed E-state index contributed by atoms with van der Waals surface area (Å²) < 4.78 is 7.61. The summed E-state index contributed by atoms with van der Waals surface area (Å²) in [6.07, 6.45) is 0. The lowest BCUT2D eigenvalue weighted by molar-refractivity contribution is 0.340. The Morgan fingerprint density at radius 1 is 0.837 bits per heavy atom. The molecule has 43 heavy (non-hydrogen) atoms. The number of ether oxygens (including phenoxy) is 1. The van der Waals surface area contributed by atoms with Crippen molar-refractivity contribution in [2.24, 2.45) is 9.98 Å². The zero-order chi connectivity index (χ0) is 29.5. The molecule has 0 fully saturated rings. The molecule has 1 unspecified atom stereocenters. The highest BCUT2D eigenvalue weighted by Gasteiger charge is 2.41. The minimum absolute atomic E-state index is 0.176. The van der Waals surface area contributed by atoms with Crippen LogP contribution in [0.5, 0.6) is 5.75 Å². The third-order valence-electron chi connectivity index (χ3n) is 7.79. The maximum Gasteiger partial charge on any atom is 0.179 e. The normalized spacial score (nSPS) is 15.1. The summed E-state index contributed by atoms with van der Waals surface area (Å²) in [6.45, 7) is 4.68. The number of aryl methyl sites for hydroxylation is 1. The largest absolute Gasteiger partial charge is 0.494 e. The van der Waals surface area contributed by atoms with Crippen LogP contribution in [-0.2, 0) is 0 Å². The minimum Gasteiger partial charge on any atom is -0.494 e. The lowest BCUT2D eigenvalue weighted by Crippen LogP contribution is -2.46. The van der Waals surface area contributed by atoms with Gasteiger partial charge < -0.3 is 19.9 Å².